The molecule has 1 aliphatic heterocycles. The number of hydrogen-bond acceptors (Lipinski definition) is 6. The average molecular weight is 445 g/mol. The van der Waals surface area contributed by atoms with Gasteiger partial charge in [-0.25, -0.2) is 4.98 Å². The number of nitrogens with zero attached hydrogens (tertiary/aromatic N) is 3. The van der Waals surface area contributed by atoms with E-state index >= 15 is 0 Å². The summed E-state index contributed by atoms with van der Waals surface area (Å²) in [7, 11) is 1.67. The van der Waals surface area contributed by atoms with Crippen molar-refractivity contribution in [3.63, 3.8) is 0 Å². The van der Waals surface area contributed by atoms with Crippen LogP contribution in [0, 0.1) is 0 Å². The Morgan fingerprint density at radius 3 is 2.71 bits per heavy atom. The van der Waals surface area contributed by atoms with Gasteiger partial charge in [0.05, 0.1) is 24.1 Å². The third-order valence-corrected chi connectivity index (χ3v) is 6.24. The van der Waals surface area contributed by atoms with Crippen molar-refractivity contribution >= 4 is 17.7 Å². The largest absolute Gasteiger partial charge is 0.496 e. The van der Waals surface area contributed by atoms with E-state index in [2.05, 4.69) is 28.7 Å². The van der Waals surface area contributed by atoms with Gasteiger partial charge in [-0.05, 0) is 18.9 Å². The minimum atomic E-state index is -0.108. The Hall–Kier alpha value is -2.32. The number of H-pyrrole nitrogens is 1. The Morgan fingerprint density at radius 1 is 1.26 bits per heavy atom. The third kappa shape index (κ3) is 6.11. The Balaban J connectivity index is 1.65. The first-order valence-electron chi connectivity index (χ1n) is 10.9. The minimum absolute atomic E-state index is 0.0945. The molecule has 1 aromatic heterocycles. The lowest BCUT2D eigenvalue weighted by Gasteiger charge is -2.28. The van der Waals surface area contributed by atoms with Crippen molar-refractivity contribution < 1.29 is 9.53 Å². The van der Waals surface area contributed by atoms with Crippen molar-refractivity contribution in [2.75, 3.05) is 32.5 Å². The summed E-state index contributed by atoms with van der Waals surface area (Å²) >= 11 is 1.32. The van der Waals surface area contributed by atoms with E-state index < -0.39 is 0 Å². The first-order valence-corrected chi connectivity index (χ1v) is 11.9. The van der Waals surface area contributed by atoms with Crippen LogP contribution in [0.4, 0.5) is 0 Å². The fraction of sp³-hybridized carbons (Fsp3) is 0.522. The van der Waals surface area contributed by atoms with Crippen molar-refractivity contribution in [3.05, 3.63) is 51.4 Å². The fourth-order valence-electron chi connectivity index (χ4n) is 3.86. The van der Waals surface area contributed by atoms with Crippen LogP contribution in [0.25, 0.3) is 0 Å². The summed E-state index contributed by atoms with van der Waals surface area (Å²) in [5, 5.41) is 0.531. The number of carbonyl (C=O) groups excluding carboxylic acids is 1. The molecular formula is C23H32N4O3S. The molecule has 1 N–H and O–H groups in total. The molecule has 8 heteroatoms. The number of rotatable bonds is 10. The average Bonchev–Trinajstić information content (AvgIpc) is 2.78. The number of aromatic nitrogens is 2. The Labute approximate surface area is 188 Å². The van der Waals surface area contributed by atoms with Crippen molar-refractivity contribution in [1.29, 1.82) is 0 Å². The number of amides is 1. The van der Waals surface area contributed by atoms with Crippen LogP contribution in [-0.4, -0.2) is 58.2 Å². The first-order chi connectivity index (χ1) is 15.0. The molecule has 0 saturated heterocycles. The molecule has 168 valence electrons. The second kappa shape index (κ2) is 11.3. The lowest BCUT2D eigenvalue weighted by molar-refractivity contribution is -0.128. The van der Waals surface area contributed by atoms with Gasteiger partial charge in [-0.2, -0.15) is 0 Å². The van der Waals surface area contributed by atoms with Crippen LogP contribution in [0.2, 0.25) is 0 Å². The molecule has 0 radical (unpaired) electrons. The molecule has 7 nitrogen and oxygen atoms in total. The number of nitrogens with one attached hydrogen (secondary N) is 1. The van der Waals surface area contributed by atoms with Crippen LogP contribution >= 0.6 is 11.8 Å². The lowest BCUT2D eigenvalue weighted by Crippen LogP contribution is -2.36. The van der Waals surface area contributed by atoms with Gasteiger partial charge in [-0.15, -0.1) is 0 Å². The van der Waals surface area contributed by atoms with Crippen molar-refractivity contribution in [3.8, 4) is 5.75 Å². The Bertz CT molecular complexity index is 941. The summed E-state index contributed by atoms with van der Waals surface area (Å²) in [6.07, 6.45) is 2.60. The van der Waals surface area contributed by atoms with E-state index in [1.165, 1.54) is 11.8 Å². The number of methoxy groups -OCH3 is 1. The van der Waals surface area contributed by atoms with Gasteiger partial charge in [0.2, 0.25) is 5.91 Å². The van der Waals surface area contributed by atoms with Gasteiger partial charge in [-0.3, -0.25) is 14.5 Å². The number of carbonyl (C=O) groups is 1. The van der Waals surface area contributed by atoms with Crippen LogP contribution < -0.4 is 10.3 Å². The van der Waals surface area contributed by atoms with Gasteiger partial charge in [0, 0.05) is 44.7 Å². The van der Waals surface area contributed by atoms with Crippen molar-refractivity contribution in [2.24, 2.45) is 0 Å². The molecule has 3 rings (SSSR count). The highest BCUT2D eigenvalue weighted by molar-refractivity contribution is 7.99. The molecule has 2 aromatic rings. The van der Waals surface area contributed by atoms with Gasteiger partial charge in [0.25, 0.3) is 5.56 Å². The van der Waals surface area contributed by atoms with E-state index in [0.717, 1.165) is 61.6 Å². The van der Waals surface area contributed by atoms with E-state index in [-0.39, 0.29) is 11.5 Å². The number of para-hydroxylation sites is 1. The summed E-state index contributed by atoms with van der Waals surface area (Å²) in [5.41, 5.74) is 2.56. The predicted octanol–water partition coefficient (Wildman–Crippen LogP) is 3.08. The molecule has 0 saturated carbocycles. The highest BCUT2D eigenvalue weighted by Gasteiger charge is 2.22. The zero-order chi connectivity index (χ0) is 22.2. The van der Waals surface area contributed by atoms with Gasteiger partial charge in [-0.1, -0.05) is 43.8 Å². The number of hydrogen-bond donors (Lipinski definition) is 1. The molecule has 0 spiro atoms. The van der Waals surface area contributed by atoms with Gasteiger partial charge < -0.3 is 14.6 Å². The zero-order valence-corrected chi connectivity index (χ0v) is 19.5. The molecule has 1 amide bonds. The van der Waals surface area contributed by atoms with Crippen LogP contribution in [0.15, 0.2) is 34.2 Å². The fourth-order valence-corrected chi connectivity index (χ4v) is 4.64. The van der Waals surface area contributed by atoms with Crippen LogP contribution in [0.3, 0.4) is 0 Å². The van der Waals surface area contributed by atoms with E-state index in [1.807, 2.05) is 29.2 Å². The highest BCUT2D eigenvalue weighted by atomic mass is 32.2. The normalized spacial score (nSPS) is 13.6. The van der Waals surface area contributed by atoms with E-state index in [1.54, 1.807) is 7.11 Å². The summed E-state index contributed by atoms with van der Waals surface area (Å²) in [6.45, 7) is 7.78. The maximum Gasteiger partial charge on any atom is 0.256 e. The molecule has 0 atom stereocenters. The zero-order valence-electron chi connectivity index (χ0n) is 18.6. The summed E-state index contributed by atoms with van der Waals surface area (Å²) in [4.78, 5) is 36.9. The van der Waals surface area contributed by atoms with E-state index in [0.29, 0.717) is 23.9 Å². The summed E-state index contributed by atoms with van der Waals surface area (Å²) < 4.78 is 5.45. The van der Waals surface area contributed by atoms with E-state index in [9.17, 15) is 9.59 Å². The number of thioether (sulfide) groups is 1. The first kappa shape index (κ1) is 23.3. The number of aromatic amines is 1. The molecule has 31 heavy (non-hydrogen) atoms. The van der Waals surface area contributed by atoms with Gasteiger partial charge >= 0.3 is 0 Å². The SMILES string of the molecule is CCCN(CCC)C(=O)CSc1nc2c(c(=O)[nH]1)CN(Cc1ccccc1OC)CC2. The number of benzene rings is 1. The topological polar surface area (TPSA) is 78.5 Å². The number of fused-ring (bicyclic) bond motifs is 1. The van der Waals surface area contributed by atoms with E-state index in [4.69, 9.17) is 4.74 Å². The standard InChI is InChI=1S/C23H32N4O3S/c1-4-11-27(12-5-2)21(28)16-31-23-24-19-10-13-26(15-18(19)22(29)25-23)14-17-8-6-7-9-20(17)30-3/h6-9H,4-5,10-16H2,1-3H3,(H,24,25,29). The maximum absolute atomic E-state index is 12.7. The second-order valence-electron chi connectivity index (χ2n) is 7.74. The second-order valence-corrected chi connectivity index (χ2v) is 8.70. The molecule has 1 aliphatic rings. The van der Waals surface area contributed by atoms with Crippen LogP contribution in [0.5, 0.6) is 5.75 Å². The molecule has 2 heterocycles. The smallest absolute Gasteiger partial charge is 0.256 e. The van der Waals surface area contributed by atoms with Crippen molar-refractivity contribution in [2.45, 2.75) is 51.4 Å². The Morgan fingerprint density at radius 2 is 2.00 bits per heavy atom. The summed E-state index contributed by atoms with van der Waals surface area (Å²) in [6, 6.07) is 7.95. The molecule has 1 aromatic carbocycles. The molecular weight excluding hydrogens is 412 g/mol. The Kier molecular flexibility index (Phi) is 8.54. The highest BCUT2D eigenvalue weighted by Crippen LogP contribution is 2.23. The minimum Gasteiger partial charge on any atom is -0.496 e. The molecule has 0 aliphatic carbocycles. The molecule has 0 unspecified atom stereocenters. The van der Waals surface area contributed by atoms with Crippen molar-refractivity contribution in [1.82, 2.24) is 19.8 Å². The monoisotopic (exact) mass is 444 g/mol. The predicted molar refractivity (Wildman–Crippen MR) is 124 cm³/mol. The quantitative estimate of drug-likeness (QED) is 0.448. The summed E-state index contributed by atoms with van der Waals surface area (Å²) in [5.74, 6) is 1.25. The third-order valence-electron chi connectivity index (χ3n) is 5.38. The number of ether oxygens (including phenoxy) is 1. The van der Waals surface area contributed by atoms with Gasteiger partial charge in [0.15, 0.2) is 5.16 Å². The molecule has 0 fully saturated rings. The van der Waals surface area contributed by atoms with Gasteiger partial charge in [0.1, 0.15) is 5.75 Å². The lowest BCUT2D eigenvalue weighted by atomic mass is 10.1. The van der Waals surface area contributed by atoms with Crippen LogP contribution in [0.1, 0.15) is 43.5 Å². The van der Waals surface area contributed by atoms with Crippen LogP contribution in [-0.2, 0) is 24.3 Å². The maximum atomic E-state index is 12.7. The molecule has 0 bridgehead atoms.